The number of nitrogens with zero attached hydrogens (tertiary/aromatic N) is 2. The summed E-state index contributed by atoms with van der Waals surface area (Å²) in [6.45, 7) is 2.83. The number of nitrogens with one attached hydrogen (secondary N) is 1. The van der Waals surface area contributed by atoms with Gasteiger partial charge in [0.05, 0.1) is 6.07 Å². The second-order valence-electron chi connectivity index (χ2n) is 4.78. The Morgan fingerprint density at radius 1 is 1.47 bits per heavy atom. The van der Waals surface area contributed by atoms with Gasteiger partial charge in [0.25, 0.3) is 0 Å². The maximum atomic E-state index is 13.1. The maximum absolute atomic E-state index is 13.1. The molecule has 0 bridgehead atoms. The zero-order valence-corrected chi connectivity index (χ0v) is 10.8. The lowest BCUT2D eigenvalue weighted by atomic mass is 9.99. The second-order valence-corrected chi connectivity index (χ2v) is 4.78. The van der Waals surface area contributed by atoms with Gasteiger partial charge in [-0.2, -0.15) is 5.26 Å². The first-order valence-corrected chi connectivity index (χ1v) is 6.32. The second kappa shape index (κ2) is 5.70. The number of halogens is 1. The predicted octanol–water partition coefficient (Wildman–Crippen LogP) is 2.90. The first kappa shape index (κ1) is 13.3. The number of hydrogen-bond acceptors (Lipinski definition) is 2. The Balaban J connectivity index is 1.94. The van der Waals surface area contributed by atoms with Gasteiger partial charge in [0.2, 0.25) is 0 Å². The van der Waals surface area contributed by atoms with Gasteiger partial charge >= 0.3 is 6.03 Å². The fraction of sp³-hybridized carbons (Fsp3) is 0.429. The van der Waals surface area contributed by atoms with E-state index in [2.05, 4.69) is 11.4 Å². The van der Waals surface area contributed by atoms with Crippen molar-refractivity contribution >= 4 is 11.7 Å². The van der Waals surface area contributed by atoms with E-state index in [1.165, 1.54) is 6.07 Å². The van der Waals surface area contributed by atoms with Crippen LogP contribution >= 0.6 is 0 Å². The average Bonchev–Trinajstić information content (AvgIpc) is 2.43. The van der Waals surface area contributed by atoms with Crippen LogP contribution in [0, 0.1) is 30.0 Å². The number of carbonyl (C=O) groups excluding carboxylic acids is 1. The molecule has 0 aliphatic carbocycles. The number of anilines is 1. The lowest BCUT2D eigenvalue weighted by Crippen LogP contribution is -2.40. The number of urea groups is 1. The minimum absolute atomic E-state index is 0.0529. The van der Waals surface area contributed by atoms with Gasteiger partial charge in [-0.3, -0.25) is 0 Å². The first-order valence-electron chi connectivity index (χ1n) is 6.32. The molecule has 1 aromatic carbocycles. The zero-order valence-electron chi connectivity index (χ0n) is 10.8. The van der Waals surface area contributed by atoms with Gasteiger partial charge in [0.1, 0.15) is 5.82 Å². The maximum Gasteiger partial charge on any atom is 0.321 e. The minimum atomic E-state index is -0.284. The van der Waals surface area contributed by atoms with Crippen molar-refractivity contribution in [3.8, 4) is 6.07 Å². The summed E-state index contributed by atoms with van der Waals surface area (Å²) < 4.78 is 13.1. The number of amides is 2. The topological polar surface area (TPSA) is 56.1 Å². The Kier molecular flexibility index (Phi) is 4.00. The van der Waals surface area contributed by atoms with E-state index < -0.39 is 0 Å². The van der Waals surface area contributed by atoms with E-state index in [1.54, 1.807) is 24.0 Å². The molecule has 1 saturated heterocycles. The molecule has 1 fully saturated rings. The van der Waals surface area contributed by atoms with Crippen LogP contribution in [0.1, 0.15) is 18.4 Å². The molecule has 2 amide bonds. The fourth-order valence-corrected chi connectivity index (χ4v) is 2.14. The fourth-order valence-electron chi connectivity index (χ4n) is 2.14. The van der Waals surface area contributed by atoms with E-state index in [4.69, 9.17) is 5.26 Å². The molecular weight excluding hydrogens is 245 g/mol. The van der Waals surface area contributed by atoms with Crippen LogP contribution in [0.25, 0.3) is 0 Å². The van der Waals surface area contributed by atoms with Gasteiger partial charge in [0.15, 0.2) is 0 Å². The van der Waals surface area contributed by atoms with Crippen molar-refractivity contribution in [3.05, 3.63) is 29.6 Å². The Morgan fingerprint density at radius 3 is 2.74 bits per heavy atom. The van der Waals surface area contributed by atoms with Crippen molar-refractivity contribution in [2.24, 2.45) is 5.92 Å². The number of carbonyl (C=O) groups is 1. The number of rotatable bonds is 1. The summed E-state index contributed by atoms with van der Waals surface area (Å²) in [7, 11) is 0. The lowest BCUT2D eigenvalue weighted by Gasteiger charge is -2.29. The summed E-state index contributed by atoms with van der Waals surface area (Å²) in [5, 5.41) is 11.6. The third-order valence-corrected chi connectivity index (χ3v) is 3.37. The van der Waals surface area contributed by atoms with E-state index in [0.29, 0.717) is 37.2 Å². The van der Waals surface area contributed by atoms with Crippen molar-refractivity contribution in [3.63, 3.8) is 0 Å². The van der Waals surface area contributed by atoms with E-state index in [-0.39, 0.29) is 17.8 Å². The van der Waals surface area contributed by atoms with Gasteiger partial charge in [-0.1, -0.05) is 0 Å². The molecule has 100 valence electrons. The molecule has 0 radical (unpaired) electrons. The molecule has 0 spiro atoms. The lowest BCUT2D eigenvalue weighted by molar-refractivity contribution is 0.192. The molecule has 4 nitrogen and oxygen atoms in total. The molecule has 0 aromatic heterocycles. The van der Waals surface area contributed by atoms with Gasteiger partial charge in [0, 0.05) is 24.7 Å². The van der Waals surface area contributed by atoms with E-state index in [9.17, 15) is 9.18 Å². The number of likely N-dealkylation sites (tertiary alicyclic amines) is 1. The van der Waals surface area contributed by atoms with Crippen molar-refractivity contribution in [2.75, 3.05) is 18.4 Å². The number of piperidine rings is 1. The van der Waals surface area contributed by atoms with Crippen molar-refractivity contribution < 1.29 is 9.18 Å². The van der Waals surface area contributed by atoms with Crippen LogP contribution in [0.5, 0.6) is 0 Å². The summed E-state index contributed by atoms with van der Waals surface area (Å²) in [6, 6.07) is 6.52. The van der Waals surface area contributed by atoms with Gasteiger partial charge in [-0.15, -0.1) is 0 Å². The number of benzene rings is 1. The molecule has 2 rings (SSSR count). The third kappa shape index (κ3) is 3.22. The van der Waals surface area contributed by atoms with E-state index in [1.807, 2.05) is 0 Å². The highest BCUT2D eigenvalue weighted by Gasteiger charge is 2.22. The molecule has 1 aliphatic rings. The summed E-state index contributed by atoms with van der Waals surface area (Å²) >= 11 is 0. The summed E-state index contributed by atoms with van der Waals surface area (Å²) in [4.78, 5) is 13.7. The molecule has 5 heteroatoms. The Bertz CT molecular complexity index is 516. The molecular formula is C14H16FN3O. The third-order valence-electron chi connectivity index (χ3n) is 3.37. The molecule has 0 unspecified atom stereocenters. The monoisotopic (exact) mass is 261 g/mol. The Labute approximate surface area is 111 Å². The summed E-state index contributed by atoms with van der Waals surface area (Å²) in [5.41, 5.74) is 1.09. The Hall–Kier alpha value is -2.09. The molecule has 1 N–H and O–H groups in total. The number of hydrogen-bond donors (Lipinski definition) is 1. The quantitative estimate of drug-likeness (QED) is 0.845. The van der Waals surface area contributed by atoms with Gasteiger partial charge in [-0.25, -0.2) is 9.18 Å². The summed E-state index contributed by atoms with van der Waals surface area (Å²) in [5.74, 6) is -0.232. The smallest absolute Gasteiger partial charge is 0.321 e. The molecule has 1 aliphatic heterocycles. The van der Waals surface area contributed by atoms with Crippen LogP contribution in [-0.4, -0.2) is 24.0 Å². The van der Waals surface area contributed by atoms with Crippen LogP contribution in [0.15, 0.2) is 18.2 Å². The average molecular weight is 261 g/mol. The van der Waals surface area contributed by atoms with Crippen molar-refractivity contribution in [2.45, 2.75) is 19.8 Å². The number of aryl methyl sites for hydroxylation is 1. The molecule has 1 heterocycles. The highest BCUT2D eigenvalue weighted by molar-refractivity contribution is 5.89. The van der Waals surface area contributed by atoms with Crippen molar-refractivity contribution in [1.82, 2.24) is 4.90 Å². The standard InChI is InChI=1S/C14H16FN3O/c1-10-8-12(2-3-13(10)15)17-14(19)18-6-4-11(9-16)5-7-18/h2-3,8,11H,4-7H2,1H3,(H,17,19). The van der Waals surface area contributed by atoms with Gasteiger partial charge < -0.3 is 10.2 Å². The predicted molar refractivity (Wildman–Crippen MR) is 70.1 cm³/mol. The highest BCUT2D eigenvalue weighted by atomic mass is 19.1. The van der Waals surface area contributed by atoms with E-state index in [0.717, 1.165) is 0 Å². The zero-order chi connectivity index (χ0) is 13.8. The number of nitriles is 1. The molecule has 1 aromatic rings. The van der Waals surface area contributed by atoms with Crippen LogP contribution in [-0.2, 0) is 0 Å². The summed E-state index contributed by atoms with van der Waals surface area (Å²) in [6.07, 6.45) is 1.43. The molecule has 19 heavy (non-hydrogen) atoms. The van der Waals surface area contributed by atoms with Crippen LogP contribution < -0.4 is 5.32 Å². The SMILES string of the molecule is Cc1cc(NC(=O)N2CCC(C#N)CC2)ccc1F. The van der Waals surface area contributed by atoms with Crippen LogP contribution in [0.2, 0.25) is 0 Å². The first-order chi connectivity index (χ1) is 9.10. The highest BCUT2D eigenvalue weighted by Crippen LogP contribution is 2.18. The molecule has 0 saturated carbocycles. The Morgan fingerprint density at radius 2 is 2.16 bits per heavy atom. The molecule has 0 atom stereocenters. The van der Waals surface area contributed by atoms with Crippen molar-refractivity contribution in [1.29, 1.82) is 5.26 Å². The van der Waals surface area contributed by atoms with Crippen LogP contribution in [0.4, 0.5) is 14.9 Å². The van der Waals surface area contributed by atoms with Crippen LogP contribution in [0.3, 0.4) is 0 Å². The normalized spacial score (nSPS) is 15.9. The van der Waals surface area contributed by atoms with Gasteiger partial charge in [-0.05, 0) is 43.5 Å². The minimum Gasteiger partial charge on any atom is -0.324 e. The largest absolute Gasteiger partial charge is 0.324 e. The van der Waals surface area contributed by atoms with E-state index >= 15 is 0 Å².